The summed E-state index contributed by atoms with van der Waals surface area (Å²) in [6, 6.07) is 0. The number of methoxy groups -OCH3 is 1. The minimum Gasteiger partial charge on any atom is -0.471 e. The van der Waals surface area contributed by atoms with Gasteiger partial charge in [0, 0.05) is 31.2 Å². The van der Waals surface area contributed by atoms with Gasteiger partial charge in [0.25, 0.3) is 5.17 Å². The van der Waals surface area contributed by atoms with E-state index in [1.165, 1.54) is 7.11 Å². The molecular weight excluding hydrogens is 354 g/mol. The van der Waals surface area contributed by atoms with E-state index >= 15 is 0 Å². The number of thiocarbonyl (C=S) groups is 1. The van der Waals surface area contributed by atoms with Crippen molar-refractivity contribution in [2.24, 2.45) is 11.8 Å². The Labute approximate surface area is 161 Å². The summed E-state index contributed by atoms with van der Waals surface area (Å²) >= 11 is 5.12. The first kappa shape index (κ1) is 22.6. The topological polar surface area (TPSA) is 84.9 Å². The summed E-state index contributed by atoms with van der Waals surface area (Å²) in [6.07, 6.45) is 7.91. The summed E-state index contributed by atoms with van der Waals surface area (Å²) in [7, 11) is 1.38. The maximum Gasteiger partial charge on any atom is 0.305 e. The smallest absolute Gasteiger partial charge is 0.305 e. The van der Waals surface area contributed by atoms with Crippen molar-refractivity contribution >= 4 is 29.1 Å². The highest BCUT2D eigenvalue weighted by Gasteiger charge is 2.41. The maximum atomic E-state index is 12.1. The second-order valence-corrected chi connectivity index (χ2v) is 6.93. The molecular formula is C19H31NO5S. The van der Waals surface area contributed by atoms with Crippen LogP contribution in [0.25, 0.3) is 0 Å². The average Bonchev–Trinajstić information content (AvgIpc) is 2.89. The van der Waals surface area contributed by atoms with Crippen molar-refractivity contribution in [1.29, 1.82) is 0 Å². The summed E-state index contributed by atoms with van der Waals surface area (Å²) in [5.41, 5.74) is 0. The van der Waals surface area contributed by atoms with Gasteiger partial charge in [-0.15, -0.1) is 0 Å². The van der Waals surface area contributed by atoms with Gasteiger partial charge in [-0.2, -0.15) is 0 Å². The van der Waals surface area contributed by atoms with E-state index in [-0.39, 0.29) is 36.6 Å². The Morgan fingerprint density at radius 2 is 2.15 bits per heavy atom. The summed E-state index contributed by atoms with van der Waals surface area (Å²) < 4.78 is 10.1. The number of hydrogen-bond acceptors (Lipinski definition) is 6. The second-order valence-electron chi connectivity index (χ2n) is 6.56. The molecule has 0 aliphatic heterocycles. The van der Waals surface area contributed by atoms with Crippen LogP contribution >= 0.6 is 12.2 Å². The zero-order valence-electron chi connectivity index (χ0n) is 15.7. The van der Waals surface area contributed by atoms with Gasteiger partial charge in [-0.1, -0.05) is 25.5 Å². The normalized spacial score (nSPS) is 22.6. The highest BCUT2D eigenvalue weighted by Crippen LogP contribution is 2.32. The highest BCUT2D eigenvalue weighted by molar-refractivity contribution is 7.80. The van der Waals surface area contributed by atoms with Crippen LogP contribution in [0.2, 0.25) is 0 Å². The second kappa shape index (κ2) is 12.8. The Hall–Kier alpha value is -1.47. The third-order valence-corrected chi connectivity index (χ3v) is 4.84. The first-order valence-electron chi connectivity index (χ1n) is 9.32. The van der Waals surface area contributed by atoms with Crippen LogP contribution in [-0.2, 0) is 19.1 Å². The van der Waals surface area contributed by atoms with Crippen molar-refractivity contribution < 1.29 is 24.2 Å². The zero-order valence-corrected chi connectivity index (χ0v) is 16.6. The Kier molecular flexibility index (Phi) is 11.1. The molecule has 1 rings (SSSR count). The number of nitrogens with one attached hydrogen (secondary N) is 1. The lowest BCUT2D eigenvalue weighted by Gasteiger charge is -2.20. The molecule has 1 fully saturated rings. The minimum atomic E-state index is -0.682. The molecule has 0 unspecified atom stereocenters. The molecule has 0 radical (unpaired) electrons. The van der Waals surface area contributed by atoms with Crippen LogP contribution in [0.4, 0.5) is 0 Å². The van der Waals surface area contributed by atoms with Gasteiger partial charge in [0.1, 0.15) is 5.78 Å². The Bertz CT molecular complexity index is 494. The number of aliphatic hydroxyl groups excluding tert-OH is 1. The molecule has 0 heterocycles. The maximum absolute atomic E-state index is 12.1. The van der Waals surface area contributed by atoms with Gasteiger partial charge in [-0.3, -0.25) is 9.59 Å². The van der Waals surface area contributed by atoms with Crippen molar-refractivity contribution in [3.63, 3.8) is 0 Å². The van der Waals surface area contributed by atoms with E-state index in [1.807, 2.05) is 12.2 Å². The molecule has 148 valence electrons. The van der Waals surface area contributed by atoms with Gasteiger partial charge in [-0.25, -0.2) is 0 Å². The van der Waals surface area contributed by atoms with E-state index in [0.717, 1.165) is 25.8 Å². The molecule has 1 aliphatic rings. The monoisotopic (exact) mass is 385 g/mol. The minimum absolute atomic E-state index is 0.0650. The number of ketones is 1. The number of esters is 1. The summed E-state index contributed by atoms with van der Waals surface area (Å²) in [5, 5.41) is 13.5. The van der Waals surface area contributed by atoms with Crippen molar-refractivity contribution in [3.8, 4) is 0 Å². The molecule has 2 N–H and O–H groups in total. The van der Waals surface area contributed by atoms with Crippen LogP contribution in [0.3, 0.4) is 0 Å². The number of ether oxygens (including phenoxy) is 2. The van der Waals surface area contributed by atoms with Crippen LogP contribution in [0.15, 0.2) is 12.2 Å². The number of allylic oxidation sites excluding steroid dienone is 2. The van der Waals surface area contributed by atoms with Gasteiger partial charge >= 0.3 is 5.97 Å². The summed E-state index contributed by atoms with van der Waals surface area (Å²) in [6.45, 7) is 3.10. The van der Waals surface area contributed by atoms with Gasteiger partial charge in [0.15, 0.2) is 0 Å². The summed E-state index contributed by atoms with van der Waals surface area (Å²) in [5.74, 6) is -0.642. The molecule has 1 aliphatic carbocycles. The predicted octanol–water partition coefficient (Wildman–Crippen LogP) is 2.53. The van der Waals surface area contributed by atoms with Crippen molar-refractivity contribution in [2.45, 2.75) is 58.0 Å². The van der Waals surface area contributed by atoms with E-state index in [4.69, 9.17) is 17.0 Å². The molecule has 26 heavy (non-hydrogen) atoms. The molecule has 7 heteroatoms. The fourth-order valence-electron chi connectivity index (χ4n) is 2.97. The first-order valence-corrected chi connectivity index (χ1v) is 9.73. The van der Waals surface area contributed by atoms with Crippen LogP contribution < -0.4 is 5.32 Å². The number of unbranched alkanes of at least 4 members (excludes halogenated alkanes) is 2. The number of carbonyl (C=O) groups is 2. The lowest BCUT2D eigenvalue weighted by molar-refractivity contribution is -0.140. The van der Waals surface area contributed by atoms with Crippen molar-refractivity contribution in [2.75, 3.05) is 20.3 Å². The quantitative estimate of drug-likeness (QED) is 0.245. The molecule has 6 nitrogen and oxygen atoms in total. The van der Waals surface area contributed by atoms with Gasteiger partial charge in [-0.05, 0) is 37.9 Å². The van der Waals surface area contributed by atoms with Gasteiger partial charge < -0.3 is 19.9 Å². The molecule has 0 aromatic carbocycles. The largest absolute Gasteiger partial charge is 0.471 e. The van der Waals surface area contributed by atoms with E-state index in [2.05, 4.69) is 17.0 Å². The van der Waals surface area contributed by atoms with Crippen LogP contribution in [0.5, 0.6) is 0 Å². The molecule has 0 spiro atoms. The predicted molar refractivity (Wildman–Crippen MR) is 104 cm³/mol. The van der Waals surface area contributed by atoms with E-state index in [9.17, 15) is 14.7 Å². The molecule has 0 aromatic rings. The molecule has 3 atom stereocenters. The standard InChI is InChI=1S/C19H31NO5S/c1-3-4-11-20-19(26)25-13-15-14(16(21)12-17(15)22)9-7-5-6-8-10-18(23)24-2/h5,7,14-15,17,22H,3-4,6,8-13H2,1-2H3,(H,20,26)/t14-,15-,17-/m1/s1. The lowest BCUT2D eigenvalue weighted by atomic mass is 9.91. The molecule has 0 amide bonds. The van der Waals surface area contributed by atoms with Crippen LogP contribution in [0, 0.1) is 11.8 Å². The molecule has 0 saturated heterocycles. The van der Waals surface area contributed by atoms with Gasteiger partial charge in [0.05, 0.1) is 19.8 Å². The van der Waals surface area contributed by atoms with E-state index in [1.54, 1.807) is 0 Å². The van der Waals surface area contributed by atoms with Crippen LogP contribution in [-0.4, -0.2) is 48.4 Å². The average molecular weight is 386 g/mol. The molecule has 1 saturated carbocycles. The number of Topliss-reactive ketones (excluding diaryl/α,β-unsaturated/α-hetero) is 1. The molecule has 0 aromatic heterocycles. The number of rotatable bonds is 11. The van der Waals surface area contributed by atoms with Crippen molar-refractivity contribution in [1.82, 2.24) is 5.32 Å². The fourth-order valence-corrected chi connectivity index (χ4v) is 3.14. The van der Waals surface area contributed by atoms with Crippen molar-refractivity contribution in [3.05, 3.63) is 12.2 Å². The fraction of sp³-hybridized carbons (Fsp3) is 0.737. The van der Waals surface area contributed by atoms with Crippen LogP contribution in [0.1, 0.15) is 51.9 Å². The van der Waals surface area contributed by atoms with E-state index < -0.39 is 6.10 Å². The number of aliphatic hydroxyl groups is 1. The Morgan fingerprint density at radius 3 is 2.85 bits per heavy atom. The first-order chi connectivity index (χ1) is 12.5. The summed E-state index contributed by atoms with van der Waals surface area (Å²) in [4.78, 5) is 23.2. The lowest BCUT2D eigenvalue weighted by Crippen LogP contribution is -2.31. The Morgan fingerprint density at radius 1 is 1.38 bits per heavy atom. The Balaban J connectivity index is 2.38. The zero-order chi connectivity index (χ0) is 19.4. The van der Waals surface area contributed by atoms with Gasteiger partial charge in [0.2, 0.25) is 0 Å². The third kappa shape index (κ3) is 8.27. The SMILES string of the molecule is CCCCNC(=S)OC[C@H]1[C@H](O)CC(=O)[C@@H]1CC=CCCCC(=O)OC. The third-order valence-electron chi connectivity index (χ3n) is 4.58. The highest BCUT2D eigenvalue weighted by atomic mass is 32.1. The number of carbonyl (C=O) groups excluding carboxylic acids is 2. The van der Waals surface area contributed by atoms with E-state index in [0.29, 0.717) is 24.4 Å². The molecule has 0 bridgehead atoms. The number of hydrogen-bond donors (Lipinski definition) is 2.